The maximum absolute atomic E-state index is 13.1. The Labute approximate surface area is 111 Å². The molecule has 0 heterocycles. The largest absolute Gasteiger partial charge is 0.286 e. The predicted molar refractivity (Wildman–Crippen MR) is 67.8 cm³/mol. The summed E-state index contributed by atoms with van der Waals surface area (Å²) in [6.45, 7) is 5.28. The lowest BCUT2D eigenvalue weighted by Crippen LogP contribution is -2.38. The fourth-order valence-corrected chi connectivity index (χ4v) is 1.69. The summed E-state index contributed by atoms with van der Waals surface area (Å²) >= 11 is 5.71. The molecule has 1 amide bonds. The van der Waals surface area contributed by atoms with E-state index in [-0.39, 0.29) is 11.6 Å². The second kappa shape index (κ2) is 5.67. The molecule has 0 aliphatic heterocycles. The summed E-state index contributed by atoms with van der Waals surface area (Å²) < 4.78 is 13.1. The molecule has 0 unspecified atom stereocenters. The Morgan fingerprint density at radius 2 is 2.06 bits per heavy atom. The molecular formula is C13H17ClFNO2. The standard InChI is InChI=1S/C13H17ClFNO2/c1-4-13(2,3)12(17)16(18)8-9-5-10(14)7-11(15)6-9/h5-7,18H,4,8H2,1-3H3. The molecule has 0 spiro atoms. The molecule has 0 saturated heterocycles. The lowest BCUT2D eigenvalue weighted by Gasteiger charge is -2.26. The zero-order valence-corrected chi connectivity index (χ0v) is 11.5. The van der Waals surface area contributed by atoms with Crippen LogP contribution in [0.2, 0.25) is 5.02 Å². The van der Waals surface area contributed by atoms with E-state index in [0.717, 1.165) is 0 Å². The van der Waals surface area contributed by atoms with E-state index in [9.17, 15) is 14.4 Å². The Bertz CT molecular complexity index is 428. The molecule has 0 aliphatic carbocycles. The summed E-state index contributed by atoms with van der Waals surface area (Å²) in [7, 11) is 0. The Morgan fingerprint density at radius 1 is 1.44 bits per heavy atom. The first-order chi connectivity index (χ1) is 8.26. The average Bonchev–Trinajstić information content (AvgIpc) is 2.26. The molecule has 18 heavy (non-hydrogen) atoms. The van der Waals surface area contributed by atoms with Crippen LogP contribution < -0.4 is 0 Å². The Morgan fingerprint density at radius 3 is 2.56 bits per heavy atom. The highest BCUT2D eigenvalue weighted by molar-refractivity contribution is 6.30. The van der Waals surface area contributed by atoms with Gasteiger partial charge in [-0.1, -0.05) is 32.4 Å². The first-order valence-electron chi connectivity index (χ1n) is 5.72. The van der Waals surface area contributed by atoms with Gasteiger partial charge in [0.2, 0.25) is 0 Å². The van der Waals surface area contributed by atoms with Gasteiger partial charge in [-0.05, 0) is 30.2 Å². The number of nitrogens with zero attached hydrogens (tertiary/aromatic N) is 1. The van der Waals surface area contributed by atoms with Crippen LogP contribution in [0.3, 0.4) is 0 Å². The highest BCUT2D eigenvalue weighted by atomic mass is 35.5. The van der Waals surface area contributed by atoms with Gasteiger partial charge in [0, 0.05) is 10.4 Å². The number of hydrogen-bond acceptors (Lipinski definition) is 2. The first-order valence-corrected chi connectivity index (χ1v) is 6.10. The topological polar surface area (TPSA) is 40.5 Å². The lowest BCUT2D eigenvalue weighted by atomic mass is 9.89. The van der Waals surface area contributed by atoms with Crippen LogP contribution in [0.15, 0.2) is 18.2 Å². The molecule has 1 aromatic carbocycles. The summed E-state index contributed by atoms with van der Waals surface area (Å²) in [6.07, 6.45) is 0.604. The maximum Gasteiger partial charge on any atom is 0.251 e. The van der Waals surface area contributed by atoms with Gasteiger partial charge in [0.1, 0.15) is 5.82 Å². The summed E-state index contributed by atoms with van der Waals surface area (Å²) in [5.41, 5.74) is -0.200. The van der Waals surface area contributed by atoms with E-state index in [1.807, 2.05) is 6.92 Å². The van der Waals surface area contributed by atoms with Crippen LogP contribution in [0.4, 0.5) is 4.39 Å². The predicted octanol–water partition coefficient (Wildman–Crippen LogP) is 3.63. The smallest absolute Gasteiger partial charge is 0.251 e. The van der Waals surface area contributed by atoms with Gasteiger partial charge in [-0.3, -0.25) is 10.0 Å². The van der Waals surface area contributed by atoms with Gasteiger partial charge in [0.05, 0.1) is 6.54 Å². The van der Waals surface area contributed by atoms with E-state index in [0.29, 0.717) is 17.0 Å². The number of rotatable bonds is 4. The summed E-state index contributed by atoms with van der Waals surface area (Å²) in [5, 5.41) is 10.6. The summed E-state index contributed by atoms with van der Waals surface area (Å²) in [6, 6.07) is 3.92. The van der Waals surface area contributed by atoms with Gasteiger partial charge < -0.3 is 0 Å². The molecule has 0 aliphatic rings. The molecule has 1 rings (SSSR count). The van der Waals surface area contributed by atoms with Crippen molar-refractivity contribution >= 4 is 17.5 Å². The minimum Gasteiger partial charge on any atom is -0.286 e. The van der Waals surface area contributed by atoms with Crippen molar-refractivity contribution in [2.24, 2.45) is 5.41 Å². The zero-order valence-electron chi connectivity index (χ0n) is 10.7. The molecule has 0 aromatic heterocycles. The van der Waals surface area contributed by atoms with Crippen molar-refractivity contribution in [2.45, 2.75) is 33.7 Å². The van der Waals surface area contributed by atoms with Crippen LogP contribution >= 0.6 is 11.6 Å². The minimum absolute atomic E-state index is 0.0836. The van der Waals surface area contributed by atoms with Crippen molar-refractivity contribution in [3.63, 3.8) is 0 Å². The quantitative estimate of drug-likeness (QED) is 0.672. The molecule has 1 N–H and O–H groups in total. The molecule has 0 saturated carbocycles. The highest BCUT2D eigenvalue weighted by Crippen LogP contribution is 2.23. The molecule has 5 heteroatoms. The van der Waals surface area contributed by atoms with Gasteiger partial charge in [-0.2, -0.15) is 0 Å². The van der Waals surface area contributed by atoms with E-state index in [1.165, 1.54) is 18.2 Å². The SMILES string of the molecule is CCC(C)(C)C(=O)N(O)Cc1cc(F)cc(Cl)c1. The van der Waals surface area contributed by atoms with Crippen LogP contribution in [-0.4, -0.2) is 16.2 Å². The van der Waals surface area contributed by atoms with Crippen molar-refractivity contribution < 1.29 is 14.4 Å². The third kappa shape index (κ3) is 3.68. The molecule has 0 radical (unpaired) electrons. The Balaban J connectivity index is 2.81. The number of halogens is 2. The van der Waals surface area contributed by atoms with E-state index < -0.39 is 17.1 Å². The van der Waals surface area contributed by atoms with Crippen molar-refractivity contribution in [1.82, 2.24) is 5.06 Å². The highest BCUT2D eigenvalue weighted by Gasteiger charge is 2.29. The number of carbonyl (C=O) groups is 1. The van der Waals surface area contributed by atoms with Crippen molar-refractivity contribution in [3.8, 4) is 0 Å². The number of carbonyl (C=O) groups excluding carboxylic acids is 1. The molecule has 0 bridgehead atoms. The van der Waals surface area contributed by atoms with Gasteiger partial charge >= 0.3 is 0 Å². The zero-order chi connectivity index (χ0) is 13.9. The van der Waals surface area contributed by atoms with Gasteiger partial charge in [-0.15, -0.1) is 0 Å². The molecule has 0 atom stereocenters. The van der Waals surface area contributed by atoms with Crippen molar-refractivity contribution in [2.75, 3.05) is 0 Å². The monoisotopic (exact) mass is 273 g/mol. The second-order valence-corrected chi connectivity index (χ2v) is 5.31. The maximum atomic E-state index is 13.1. The molecule has 3 nitrogen and oxygen atoms in total. The van der Waals surface area contributed by atoms with Crippen LogP contribution in [0, 0.1) is 11.2 Å². The number of hydroxylamine groups is 2. The molecule has 100 valence electrons. The van der Waals surface area contributed by atoms with Crippen LogP contribution in [0.5, 0.6) is 0 Å². The fraction of sp³-hybridized carbons (Fsp3) is 0.462. The normalized spacial score (nSPS) is 11.4. The Hall–Kier alpha value is -1.13. The second-order valence-electron chi connectivity index (χ2n) is 4.88. The first kappa shape index (κ1) is 14.9. The summed E-state index contributed by atoms with van der Waals surface area (Å²) in [5.74, 6) is -0.890. The van der Waals surface area contributed by atoms with Crippen molar-refractivity contribution in [1.29, 1.82) is 0 Å². The Kier molecular flexibility index (Phi) is 4.71. The average molecular weight is 274 g/mol. The molecule has 1 aromatic rings. The third-order valence-electron chi connectivity index (χ3n) is 2.95. The van der Waals surface area contributed by atoms with Crippen LogP contribution in [-0.2, 0) is 11.3 Å². The summed E-state index contributed by atoms with van der Waals surface area (Å²) in [4.78, 5) is 11.9. The van der Waals surface area contributed by atoms with Crippen LogP contribution in [0.25, 0.3) is 0 Å². The van der Waals surface area contributed by atoms with Gasteiger partial charge in [0.15, 0.2) is 0 Å². The number of amides is 1. The van der Waals surface area contributed by atoms with E-state index in [1.54, 1.807) is 13.8 Å². The van der Waals surface area contributed by atoms with Crippen LogP contribution in [0.1, 0.15) is 32.8 Å². The van der Waals surface area contributed by atoms with Crippen molar-refractivity contribution in [3.05, 3.63) is 34.6 Å². The molecule has 0 fully saturated rings. The third-order valence-corrected chi connectivity index (χ3v) is 3.17. The minimum atomic E-state index is -0.647. The van der Waals surface area contributed by atoms with E-state index in [4.69, 9.17) is 11.6 Å². The number of hydrogen-bond donors (Lipinski definition) is 1. The number of benzene rings is 1. The molecular weight excluding hydrogens is 257 g/mol. The lowest BCUT2D eigenvalue weighted by molar-refractivity contribution is -0.178. The van der Waals surface area contributed by atoms with Gasteiger partial charge in [-0.25, -0.2) is 9.45 Å². The van der Waals surface area contributed by atoms with E-state index in [2.05, 4.69) is 0 Å². The fourth-order valence-electron chi connectivity index (χ4n) is 1.45. The van der Waals surface area contributed by atoms with Gasteiger partial charge in [0.25, 0.3) is 5.91 Å². The van der Waals surface area contributed by atoms with E-state index >= 15 is 0 Å².